The monoisotopic (exact) mass is 570 g/mol. The van der Waals surface area contributed by atoms with E-state index in [0.717, 1.165) is 0 Å². The Balaban J connectivity index is 3.14. The number of hydrogen-bond donors (Lipinski definition) is 6. The van der Waals surface area contributed by atoms with Crippen molar-refractivity contribution in [2.24, 2.45) is 28.1 Å². The summed E-state index contributed by atoms with van der Waals surface area (Å²) in [7, 11) is 0. The van der Waals surface area contributed by atoms with Crippen LogP contribution in [0.15, 0.2) is 4.99 Å². The van der Waals surface area contributed by atoms with Crippen LogP contribution in [0.3, 0.4) is 0 Å². The number of amides is 4. The summed E-state index contributed by atoms with van der Waals surface area (Å²) in [5.41, 5.74) is 16.9. The third-order valence-electron chi connectivity index (χ3n) is 6.13. The Bertz CT molecular complexity index is 857. The number of carbonyl (C=O) groups is 4. The number of guanidine groups is 1. The predicted octanol–water partition coefficient (Wildman–Crippen LogP) is 0.0418. The van der Waals surface area contributed by atoms with Gasteiger partial charge < -0.3 is 38.1 Å². The van der Waals surface area contributed by atoms with Crippen molar-refractivity contribution in [3.63, 3.8) is 0 Å². The summed E-state index contributed by atoms with van der Waals surface area (Å²) in [5, 5.41) is 8.43. The fraction of sp³-hybridized carbons (Fsp3) is 0.808. The zero-order valence-electron chi connectivity index (χ0n) is 24.4. The van der Waals surface area contributed by atoms with Crippen LogP contribution in [0, 0.1) is 5.92 Å². The maximum atomic E-state index is 13.7. The number of nitrogens with two attached hydrogens (primary N) is 3. The smallest absolute Gasteiger partial charge is 0.245 e. The van der Waals surface area contributed by atoms with Crippen molar-refractivity contribution < 1.29 is 19.2 Å². The number of hydrogen-bond acceptors (Lipinski definition) is 7. The van der Waals surface area contributed by atoms with Crippen LogP contribution in [0.2, 0.25) is 0 Å². The van der Waals surface area contributed by atoms with Crippen molar-refractivity contribution >= 4 is 41.4 Å². The molecule has 0 bridgehead atoms. The largest absolute Gasteiger partial charge is 0.370 e. The van der Waals surface area contributed by atoms with Crippen molar-refractivity contribution in [3.05, 3.63) is 0 Å². The van der Waals surface area contributed by atoms with E-state index in [1.165, 1.54) is 16.7 Å². The SMILES string of the molecule is CCNC(=O)[C@@H]1CCCN1C(=O)[C@H](CCCN=C(N)N)NC(=O)[C@H](CSC(C)(C)C)NC(=O)[C@H](N)CC(C)C. The minimum atomic E-state index is -0.912. The topological polar surface area (TPSA) is 198 Å². The molecule has 39 heavy (non-hydrogen) atoms. The Hall–Kier alpha value is -2.54. The summed E-state index contributed by atoms with van der Waals surface area (Å²) < 4.78 is -0.159. The molecule has 13 heteroatoms. The molecule has 1 saturated heterocycles. The lowest BCUT2D eigenvalue weighted by atomic mass is 10.0. The second-order valence-corrected chi connectivity index (χ2v) is 13.2. The normalized spacial score (nSPS) is 17.7. The van der Waals surface area contributed by atoms with Gasteiger partial charge in [-0.1, -0.05) is 34.6 Å². The summed E-state index contributed by atoms with van der Waals surface area (Å²) in [5.74, 6) is -0.984. The van der Waals surface area contributed by atoms with E-state index in [-0.39, 0.29) is 41.4 Å². The number of nitrogens with one attached hydrogen (secondary N) is 3. The molecular formula is C26H50N8O4S. The number of carbonyl (C=O) groups excluding carboxylic acids is 4. The van der Waals surface area contributed by atoms with Gasteiger partial charge in [0.05, 0.1) is 6.04 Å². The molecule has 4 atom stereocenters. The van der Waals surface area contributed by atoms with Crippen molar-refractivity contribution in [1.82, 2.24) is 20.9 Å². The van der Waals surface area contributed by atoms with Gasteiger partial charge in [-0.25, -0.2) is 0 Å². The van der Waals surface area contributed by atoms with Gasteiger partial charge in [-0.05, 0) is 44.9 Å². The Morgan fingerprint density at radius 3 is 2.28 bits per heavy atom. The van der Waals surface area contributed by atoms with Gasteiger partial charge >= 0.3 is 0 Å². The molecule has 0 aliphatic carbocycles. The van der Waals surface area contributed by atoms with Crippen LogP contribution in [0.1, 0.15) is 73.6 Å². The highest BCUT2D eigenvalue weighted by atomic mass is 32.2. The number of thioether (sulfide) groups is 1. The first kappa shape index (κ1) is 34.5. The zero-order valence-corrected chi connectivity index (χ0v) is 25.2. The highest BCUT2D eigenvalue weighted by Gasteiger charge is 2.38. The Kier molecular flexibility index (Phi) is 14.6. The summed E-state index contributed by atoms with van der Waals surface area (Å²) >= 11 is 1.52. The molecule has 0 radical (unpaired) electrons. The number of nitrogens with zero attached hydrogens (tertiary/aromatic N) is 2. The molecule has 4 amide bonds. The quantitative estimate of drug-likeness (QED) is 0.0900. The van der Waals surface area contributed by atoms with Gasteiger partial charge in [-0.3, -0.25) is 24.2 Å². The average Bonchev–Trinajstić information content (AvgIpc) is 3.32. The van der Waals surface area contributed by atoms with Gasteiger partial charge in [0.2, 0.25) is 23.6 Å². The first-order valence-corrected chi connectivity index (χ1v) is 14.8. The maximum absolute atomic E-state index is 13.7. The number of likely N-dealkylation sites (tertiary alicyclic amines) is 1. The predicted molar refractivity (Wildman–Crippen MR) is 157 cm³/mol. The van der Waals surface area contributed by atoms with Crippen LogP contribution in [0.5, 0.6) is 0 Å². The van der Waals surface area contributed by atoms with Crippen molar-refractivity contribution in [2.75, 3.05) is 25.4 Å². The summed E-state index contributed by atoms with van der Waals surface area (Å²) in [4.78, 5) is 58.1. The standard InChI is InChI=1S/C26H50N8O4S/c1-7-30-23(37)20-11-9-13-34(20)24(38)18(10-8-12-31-25(28)29)32-22(36)19(15-39-26(4,5)6)33-21(35)17(27)14-16(2)3/h16-20H,7-15,27H2,1-6H3,(H,30,37)(H,32,36)(H,33,35)(H4,28,29,31)/t17-,18+,19+,20+/m1/s1. The summed E-state index contributed by atoms with van der Waals surface area (Å²) in [6, 6.07) is -3.15. The van der Waals surface area contributed by atoms with Gasteiger partial charge in [0, 0.05) is 30.1 Å². The van der Waals surface area contributed by atoms with Crippen LogP contribution in [-0.4, -0.2) is 88.8 Å². The van der Waals surface area contributed by atoms with E-state index in [1.807, 2.05) is 41.5 Å². The minimum Gasteiger partial charge on any atom is -0.370 e. The Morgan fingerprint density at radius 1 is 1.08 bits per heavy atom. The van der Waals surface area contributed by atoms with Gasteiger partial charge in [0.1, 0.15) is 18.1 Å². The Labute approximate surface area is 237 Å². The molecular weight excluding hydrogens is 520 g/mol. The van der Waals surface area contributed by atoms with Crippen LogP contribution in [0.25, 0.3) is 0 Å². The zero-order chi connectivity index (χ0) is 29.8. The van der Waals surface area contributed by atoms with Gasteiger partial charge in [-0.2, -0.15) is 11.8 Å². The number of rotatable bonds is 15. The fourth-order valence-corrected chi connectivity index (χ4v) is 5.14. The van der Waals surface area contributed by atoms with Gasteiger partial charge in [0.25, 0.3) is 0 Å². The highest BCUT2D eigenvalue weighted by Crippen LogP contribution is 2.24. The van der Waals surface area contributed by atoms with Crippen LogP contribution >= 0.6 is 11.8 Å². The van der Waals surface area contributed by atoms with E-state index in [0.29, 0.717) is 44.5 Å². The molecule has 1 rings (SSSR count). The molecule has 1 aliphatic heterocycles. The molecule has 1 aliphatic rings. The maximum Gasteiger partial charge on any atom is 0.245 e. The lowest BCUT2D eigenvalue weighted by Crippen LogP contribution is -2.58. The Morgan fingerprint density at radius 2 is 1.72 bits per heavy atom. The molecule has 0 aromatic heterocycles. The third-order valence-corrected chi connectivity index (χ3v) is 7.49. The van der Waals surface area contributed by atoms with Crippen molar-refractivity contribution in [2.45, 2.75) is 103 Å². The van der Waals surface area contributed by atoms with E-state index < -0.39 is 36.0 Å². The minimum absolute atomic E-state index is 0.0579. The second kappa shape index (κ2) is 16.5. The second-order valence-electron chi connectivity index (χ2n) is 11.3. The molecule has 1 heterocycles. The molecule has 0 saturated carbocycles. The first-order chi connectivity index (χ1) is 18.2. The molecule has 0 aromatic rings. The molecule has 0 unspecified atom stereocenters. The lowest BCUT2D eigenvalue weighted by molar-refractivity contribution is -0.141. The summed E-state index contributed by atoms with van der Waals surface area (Å²) in [6.45, 7) is 13.0. The highest BCUT2D eigenvalue weighted by molar-refractivity contribution is 8.00. The van der Waals surface area contributed by atoms with Crippen LogP contribution in [0.4, 0.5) is 0 Å². The number of aliphatic imine (C=N–C) groups is 1. The molecule has 0 spiro atoms. The molecule has 9 N–H and O–H groups in total. The fourth-order valence-electron chi connectivity index (χ4n) is 4.24. The molecule has 12 nitrogen and oxygen atoms in total. The molecule has 224 valence electrons. The van der Waals surface area contributed by atoms with E-state index in [1.54, 1.807) is 0 Å². The van der Waals surface area contributed by atoms with Crippen LogP contribution < -0.4 is 33.2 Å². The van der Waals surface area contributed by atoms with Crippen molar-refractivity contribution in [1.29, 1.82) is 0 Å². The van der Waals surface area contributed by atoms with Crippen molar-refractivity contribution in [3.8, 4) is 0 Å². The lowest BCUT2D eigenvalue weighted by Gasteiger charge is -2.30. The average molecular weight is 571 g/mol. The molecule has 0 aromatic carbocycles. The summed E-state index contributed by atoms with van der Waals surface area (Å²) in [6.07, 6.45) is 2.42. The van der Waals surface area contributed by atoms with E-state index in [2.05, 4.69) is 20.9 Å². The number of likely N-dealkylation sites (N-methyl/N-ethyl adjacent to an activating group) is 1. The van der Waals surface area contributed by atoms with E-state index in [9.17, 15) is 19.2 Å². The van der Waals surface area contributed by atoms with E-state index >= 15 is 0 Å². The first-order valence-electron chi connectivity index (χ1n) is 13.8. The van der Waals surface area contributed by atoms with Crippen LogP contribution in [-0.2, 0) is 19.2 Å². The third kappa shape index (κ3) is 12.9. The van der Waals surface area contributed by atoms with E-state index in [4.69, 9.17) is 17.2 Å². The molecule has 1 fully saturated rings. The van der Waals surface area contributed by atoms with Gasteiger partial charge in [-0.15, -0.1) is 0 Å². The van der Waals surface area contributed by atoms with Gasteiger partial charge in [0.15, 0.2) is 5.96 Å².